The number of carbonyl (C=O) groups is 1. The number of amides is 2. The van der Waals surface area contributed by atoms with E-state index in [1.54, 1.807) is 24.3 Å². The smallest absolute Gasteiger partial charge is 0.308 e. The van der Waals surface area contributed by atoms with Crippen molar-refractivity contribution in [1.82, 2.24) is 14.4 Å². The van der Waals surface area contributed by atoms with Crippen LogP contribution < -0.4 is 10.6 Å². The Morgan fingerprint density at radius 3 is 2.75 bits per heavy atom. The van der Waals surface area contributed by atoms with Gasteiger partial charge in [0.25, 0.3) is 5.95 Å². The van der Waals surface area contributed by atoms with Crippen molar-refractivity contribution in [3.8, 4) is 0 Å². The van der Waals surface area contributed by atoms with E-state index in [2.05, 4.69) is 20.6 Å². The summed E-state index contributed by atoms with van der Waals surface area (Å²) in [5, 5.41) is 5.02. The second-order valence-electron chi connectivity index (χ2n) is 4.00. The van der Waals surface area contributed by atoms with Gasteiger partial charge in [0, 0.05) is 18.1 Å². The fourth-order valence-corrected chi connectivity index (χ4v) is 1.78. The highest BCUT2D eigenvalue weighted by atomic mass is 19.1. The van der Waals surface area contributed by atoms with E-state index in [4.69, 9.17) is 0 Å². The van der Waals surface area contributed by atoms with Crippen LogP contribution in [0.2, 0.25) is 0 Å². The van der Waals surface area contributed by atoms with E-state index in [0.29, 0.717) is 11.3 Å². The zero-order valence-corrected chi connectivity index (χ0v) is 10.2. The molecule has 3 aromatic rings. The predicted octanol–water partition coefficient (Wildman–Crippen LogP) is 2.51. The van der Waals surface area contributed by atoms with Crippen molar-refractivity contribution in [2.45, 2.75) is 0 Å². The average molecular weight is 271 g/mol. The summed E-state index contributed by atoms with van der Waals surface area (Å²) in [5.41, 5.74) is 1.05. The molecular weight excluding hydrogens is 261 g/mol. The van der Waals surface area contributed by atoms with Crippen LogP contribution in [-0.2, 0) is 0 Å². The fourth-order valence-electron chi connectivity index (χ4n) is 1.78. The van der Waals surface area contributed by atoms with E-state index in [9.17, 15) is 9.18 Å². The standard InChI is InChI=1S/C13H10FN5O/c14-11-12(19-7-6-15-10(19)8-16-11)18-13(20)17-9-4-2-1-3-5-9/h1-8H,(H2,17,18,20). The van der Waals surface area contributed by atoms with Gasteiger partial charge >= 0.3 is 6.03 Å². The van der Waals surface area contributed by atoms with Crippen LogP contribution in [-0.4, -0.2) is 20.4 Å². The summed E-state index contributed by atoms with van der Waals surface area (Å²) in [6.45, 7) is 0. The molecule has 0 spiro atoms. The molecule has 3 rings (SSSR count). The topological polar surface area (TPSA) is 71.3 Å². The van der Waals surface area contributed by atoms with Gasteiger partial charge in [-0.3, -0.25) is 9.72 Å². The molecule has 7 heteroatoms. The Morgan fingerprint density at radius 2 is 1.95 bits per heavy atom. The molecule has 2 aromatic heterocycles. The highest BCUT2D eigenvalue weighted by Gasteiger charge is 2.12. The first-order chi connectivity index (χ1) is 9.74. The molecule has 100 valence electrons. The summed E-state index contributed by atoms with van der Waals surface area (Å²) in [5.74, 6) is -0.841. The van der Waals surface area contributed by atoms with Gasteiger partial charge in [-0.15, -0.1) is 0 Å². The second-order valence-corrected chi connectivity index (χ2v) is 4.00. The normalized spacial score (nSPS) is 10.4. The molecule has 2 amide bonds. The van der Waals surface area contributed by atoms with Crippen LogP contribution in [0.3, 0.4) is 0 Å². The van der Waals surface area contributed by atoms with Gasteiger partial charge in [0.05, 0.1) is 6.20 Å². The monoisotopic (exact) mass is 271 g/mol. The Bertz CT molecular complexity index is 756. The maximum atomic E-state index is 13.7. The van der Waals surface area contributed by atoms with Crippen molar-refractivity contribution in [2.75, 3.05) is 10.6 Å². The number of para-hydroxylation sites is 1. The molecule has 0 aliphatic rings. The number of fused-ring (bicyclic) bond motifs is 1. The molecule has 0 radical (unpaired) electrons. The maximum Gasteiger partial charge on any atom is 0.324 e. The molecule has 2 N–H and O–H groups in total. The van der Waals surface area contributed by atoms with E-state index in [1.165, 1.54) is 23.0 Å². The number of carbonyl (C=O) groups excluding carboxylic acids is 1. The third-order valence-corrected chi connectivity index (χ3v) is 2.66. The van der Waals surface area contributed by atoms with Crippen molar-refractivity contribution in [3.05, 3.63) is 54.9 Å². The van der Waals surface area contributed by atoms with Crippen LogP contribution in [0, 0.1) is 5.95 Å². The molecule has 6 nitrogen and oxygen atoms in total. The van der Waals surface area contributed by atoms with E-state index >= 15 is 0 Å². The van der Waals surface area contributed by atoms with Gasteiger partial charge in [-0.2, -0.15) is 4.39 Å². The van der Waals surface area contributed by atoms with Crippen LogP contribution in [0.15, 0.2) is 48.9 Å². The highest BCUT2D eigenvalue weighted by molar-refractivity contribution is 5.99. The summed E-state index contributed by atoms with van der Waals surface area (Å²) in [6, 6.07) is 8.30. The van der Waals surface area contributed by atoms with Crippen LogP contribution in [0.25, 0.3) is 5.65 Å². The summed E-state index contributed by atoms with van der Waals surface area (Å²) in [4.78, 5) is 19.4. The van der Waals surface area contributed by atoms with Crippen LogP contribution in [0.4, 0.5) is 20.7 Å². The van der Waals surface area contributed by atoms with Crippen molar-refractivity contribution in [3.63, 3.8) is 0 Å². The third kappa shape index (κ3) is 2.28. The van der Waals surface area contributed by atoms with Gasteiger partial charge in [-0.25, -0.2) is 14.8 Å². The number of benzene rings is 1. The van der Waals surface area contributed by atoms with Crippen LogP contribution in [0.1, 0.15) is 0 Å². The lowest BCUT2D eigenvalue weighted by molar-refractivity contribution is 0.262. The first-order valence-corrected chi connectivity index (χ1v) is 5.84. The van der Waals surface area contributed by atoms with Crippen LogP contribution >= 0.6 is 0 Å². The Kier molecular flexibility index (Phi) is 3.00. The van der Waals surface area contributed by atoms with Gasteiger partial charge in [0.15, 0.2) is 11.5 Å². The molecule has 0 saturated heterocycles. The van der Waals surface area contributed by atoms with Crippen molar-refractivity contribution in [1.29, 1.82) is 0 Å². The lowest BCUT2D eigenvalue weighted by Crippen LogP contribution is -2.22. The number of urea groups is 1. The molecule has 1 aromatic carbocycles. The predicted molar refractivity (Wildman–Crippen MR) is 72.0 cm³/mol. The number of nitrogens with one attached hydrogen (secondary N) is 2. The fraction of sp³-hybridized carbons (Fsp3) is 0. The summed E-state index contributed by atoms with van der Waals surface area (Å²) >= 11 is 0. The SMILES string of the molecule is O=C(Nc1ccccc1)Nc1c(F)ncc2nccn12. The molecule has 0 aliphatic heterocycles. The molecule has 0 saturated carbocycles. The Morgan fingerprint density at radius 1 is 1.15 bits per heavy atom. The van der Waals surface area contributed by atoms with Crippen molar-refractivity contribution < 1.29 is 9.18 Å². The number of anilines is 2. The molecule has 0 bridgehead atoms. The molecule has 2 heterocycles. The Balaban J connectivity index is 1.84. The number of hydrogen-bond acceptors (Lipinski definition) is 3. The number of nitrogens with zero attached hydrogens (tertiary/aromatic N) is 3. The van der Waals surface area contributed by atoms with Gasteiger partial charge in [0.1, 0.15) is 0 Å². The van der Waals surface area contributed by atoms with Gasteiger partial charge in [-0.05, 0) is 12.1 Å². The number of aromatic nitrogens is 3. The van der Waals surface area contributed by atoms with Gasteiger partial charge in [-0.1, -0.05) is 18.2 Å². The molecule has 0 aliphatic carbocycles. The van der Waals surface area contributed by atoms with Crippen LogP contribution in [0.5, 0.6) is 0 Å². The van der Waals surface area contributed by atoms with E-state index in [-0.39, 0.29) is 5.82 Å². The maximum absolute atomic E-state index is 13.7. The highest BCUT2D eigenvalue weighted by Crippen LogP contribution is 2.14. The average Bonchev–Trinajstić information content (AvgIpc) is 2.92. The number of rotatable bonds is 2. The van der Waals surface area contributed by atoms with E-state index < -0.39 is 12.0 Å². The first-order valence-electron chi connectivity index (χ1n) is 5.84. The zero-order chi connectivity index (χ0) is 13.9. The Hall–Kier alpha value is -2.96. The largest absolute Gasteiger partial charge is 0.324 e. The number of halogens is 1. The molecular formula is C13H10FN5O. The van der Waals surface area contributed by atoms with Gasteiger partial charge < -0.3 is 5.32 Å². The minimum Gasteiger partial charge on any atom is -0.308 e. The van der Waals surface area contributed by atoms with Crippen molar-refractivity contribution >= 4 is 23.2 Å². The van der Waals surface area contributed by atoms with E-state index in [1.807, 2.05) is 6.07 Å². The van der Waals surface area contributed by atoms with E-state index in [0.717, 1.165) is 0 Å². The lowest BCUT2D eigenvalue weighted by Gasteiger charge is -2.09. The minimum absolute atomic E-state index is 0.0616. The molecule has 0 atom stereocenters. The molecule has 0 fully saturated rings. The summed E-state index contributed by atoms with van der Waals surface area (Å²) in [7, 11) is 0. The third-order valence-electron chi connectivity index (χ3n) is 2.66. The number of hydrogen-bond donors (Lipinski definition) is 2. The second kappa shape index (κ2) is 4.96. The Labute approximate surface area is 113 Å². The molecule has 20 heavy (non-hydrogen) atoms. The molecule has 0 unspecified atom stereocenters. The minimum atomic E-state index is -0.779. The zero-order valence-electron chi connectivity index (χ0n) is 10.2. The quantitative estimate of drug-likeness (QED) is 0.752. The van der Waals surface area contributed by atoms with Crippen molar-refractivity contribution in [2.24, 2.45) is 0 Å². The van der Waals surface area contributed by atoms with Gasteiger partial charge in [0.2, 0.25) is 0 Å². The number of imidazole rings is 1. The first kappa shape index (κ1) is 12.1. The lowest BCUT2D eigenvalue weighted by atomic mass is 10.3. The summed E-state index contributed by atoms with van der Waals surface area (Å²) < 4.78 is 15.1. The summed E-state index contributed by atoms with van der Waals surface area (Å²) in [6.07, 6.45) is 4.32.